The fourth-order valence-electron chi connectivity index (χ4n) is 11.1. The molecule has 296 valence electrons. The van der Waals surface area contributed by atoms with Gasteiger partial charge < -0.3 is 39.2 Å². The molecule has 0 bridgehead atoms. The highest BCUT2D eigenvalue weighted by Gasteiger charge is 2.75. The largest absolute Gasteiger partial charge is 0.542 e. The first-order valence-corrected chi connectivity index (χ1v) is 19.0. The van der Waals surface area contributed by atoms with Gasteiger partial charge in [-0.25, -0.2) is 9.07 Å². The lowest BCUT2D eigenvalue weighted by Gasteiger charge is -2.60. The van der Waals surface area contributed by atoms with Gasteiger partial charge in [0.1, 0.15) is 38.0 Å². The van der Waals surface area contributed by atoms with Crippen LogP contribution in [0.3, 0.4) is 0 Å². The zero-order chi connectivity index (χ0) is 38.8. The number of hydrogen-bond acceptors (Lipinski definition) is 9. The van der Waals surface area contributed by atoms with E-state index < -0.39 is 48.3 Å². The van der Waals surface area contributed by atoms with Crippen molar-refractivity contribution in [2.24, 2.45) is 28.6 Å². The first-order chi connectivity index (χ1) is 25.6. The summed E-state index contributed by atoms with van der Waals surface area (Å²) >= 11 is 0. The first kappa shape index (κ1) is 39.0. The SMILES string of the molecule is CCC[C@@H]1O[C@@H]2C[C@H]3[C@@H]4CCC5=Cc6c(cnn6-c6ccc(F)c(C[NH+]7CCOCC7)c6)C[C@]5(C)[C@H]4[C@@H](O)C[C@]3(C)[C@]2(C(=O)CO)O1.O=C([O-])C(F)(F)F. The third-order valence-corrected chi connectivity index (χ3v) is 13.4. The lowest BCUT2D eigenvalue weighted by molar-refractivity contribution is -0.921. The highest BCUT2D eigenvalue weighted by Crippen LogP contribution is 2.70. The van der Waals surface area contributed by atoms with Crippen molar-refractivity contribution < 1.29 is 61.6 Å². The van der Waals surface area contributed by atoms with E-state index in [2.05, 4.69) is 26.8 Å². The average molecular weight is 764 g/mol. The van der Waals surface area contributed by atoms with Crippen LogP contribution in [-0.2, 0) is 36.8 Å². The monoisotopic (exact) mass is 763 g/mol. The second kappa shape index (κ2) is 14.4. The maximum atomic E-state index is 15.0. The van der Waals surface area contributed by atoms with E-state index in [4.69, 9.17) is 29.2 Å². The average Bonchev–Trinajstić information content (AvgIpc) is 3.77. The number of aromatic nitrogens is 2. The first-order valence-electron chi connectivity index (χ1n) is 19.0. The van der Waals surface area contributed by atoms with E-state index in [1.165, 1.54) is 10.5 Å². The molecule has 3 heterocycles. The van der Waals surface area contributed by atoms with Crippen LogP contribution in [0.1, 0.15) is 76.1 Å². The number of Topliss-reactive ketones (excluding diaryl/α,β-unsaturated/α-hetero) is 1. The van der Waals surface area contributed by atoms with Crippen LogP contribution in [0.4, 0.5) is 17.6 Å². The molecule has 2 aromatic rings. The van der Waals surface area contributed by atoms with Gasteiger partial charge >= 0.3 is 6.18 Å². The number of allylic oxidation sites excluding steroid dienone is 1. The van der Waals surface area contributed by atoms with Gasteiger partial charge in [0.15, 0.2) is 17.7 Å². The van der Waals surface area contributed by atoms with Gasteiger partial charge in [-0.2, -0.15) is 18.3 Å². The number of morpholine rings is 1. The van der Waals surface area contributed by atoms with Crippen molar-refractivity contribution in [1.29, 1.82) is 0 Å². The Kier molecular flexibility index (Phi) is 10.4. The molecule has 0 unspecified atom stereocenters. The quantitative estimate of drug-likeness (QED) is 0.362. The Balaban J connectivity index is 0.000000588. The summed E-state index contributed by atoms with van der Waals surface area (Å²) in [6.07, 6.45) is 2.78. The zero-order valence-electron chi connectivity index (χ0n) is 30.8. The molecule has 1 aromatic heterocycles. The van der Waals surface area contributed by atoms with Crippen LogP contribution >= 0.6 is 0 Å². The number of quaternary nitrogens is 1. The van der Waals surface area contributed by atoms with Crippen LogP contribution in [0.25, 0.3) is 11.8 Å². The van der Waals surface area contributed by atoms with E-state index in [-0.39, 0.29) is 34.8 Å². The number of carboxylic acid groups (broad SMARTS) is 1. The second-order valence-electron chi connectivity index (χ2n) is 16.4. The van der Waals surface area contributed by atoms with Crippen LogP contribution in [0.2, 0.25) is 0 Å². The standard InChI is InChI=1S/C37H48FN3O6.C2HF3O2/c1-4-5-33-46-32-16-27-26-8-6-24-15-29-23(17-35(24,2)34(26)30(43)18-36(27,3)37(32,47-33)31(44)21-42)19-39-41(29)25-7-9-28(38)22(14-25)20-40-10-12-45-13-11-40;3-2(4,5)1(6)7/h7,9,14-15,19,26-27,30,32-34,42-43H,4-6,8,10-13,16-18,20-21H2,1-3H3;(H,6,7)/t26-,27-,30-,32+,33+,34+,35-,36-,37+;/m0./s1. The Bertz CT molecular complexity index is 1790. The molecule has 15 heteroatoms. The van der Waals surface area contributed by atoms with Crippen molar-refractivity contribution >= 4 is 17.8 Å². The summed E-state index contributed by atoms with van der Waals surface area (Å²) in [4.78, 5) is 23.7. The van der Waals surface area contributed by atoms with Crippen molar-refractivity contribution in [2.45, 2.75) is 103 Å². The molecule has 6 aliphatic rings. The van der Waals surface area contributed by atoms with Crippen molar-refractivity contribution in [1.82, 2.24) is 9.78 Å². The molecular formula is C39H49F4N3O8. The van der Waals surface area contributed by atoms with Gasteiger partial charge in [0, 0.05) is 11.0 Å². The predicted molar refractivity (Wildman–Crippen MR) is 182 cm³/mol. The van der Waals surface area contributed by atoms with Gasteiger partial charge in [0.2, 0.25) is 0 Å². The molecule has 5 fully saturated rings. The number of ether oxygens (including phenoxy) is 3. The van der Waals surface area contributed by atoms with Gasteiger partial charge in [-0.1, -0.05) is 32.8 Å². The number of fused-ring (bicyclic) bond motifs is 8. The fraction of sp³-hybridized carbons (Fsp3) is 0.667. The number of nitrogens with zero attached hydrogens (tertiary/aromatic N) is 2. The molecule has 0 spiro atoms. The van der Waals surface area contributed by atoms with E-state index in [1.54, 1.807) is 6.07 Å². The van der Waals surface area contributed by atoms with Crippen LogP contribution in [0.15, 0.2) is 30.0 Å². The Hall–Kier alpha value is -3.21. The van der Waals surface area contributed by atoms with Crippen LogP contribution in [-0.4, -0.2) is 94.9 Å². The smallest absolute Gasteiger partial charge is 0.430 e. The molecule has 54 heavy (non-hydrogen) atoms. The fourth-order valence-corrected chi connectivity index (χ4v) is 11.1. The lowest BCUT2D eigenvalue weighted by Crippen LogP contribution is -3.12. The number of carbonyl (C=O) groups is 2. The Morgan fingerprint density at radius 3 is 2.57 bits per heavy atom. The number of carboxylic acids is 1. The second-order valence-corrected chi connectivity index (χ2v) is 16.4. The molecule has 0 radical (unpaired) electrons. The summed E-state index contributed by atoms with van der Waals surface area (Å²) in [7, 11) is 0. The molecule has 9 atom stereocenters. The molecule has 3 N–H and O–H groups in total. The molecular weight excluding hydrogens is 714 g/mol. The maximum absolute atomic E-state index is 15.0. The number of aliphatic hydroxyl groups is 2. The number of carbonyl (C=O) groups excluding carboxylic acids is 2. The number of ketones is 1. The van der Waals surface area contributed by atoms with Crippen LogP contribution < -0.4 is 10.0 Å². The third kappa shape index (κ3) is 6.32. The third-order valence-electron chi connectivity index (χ3n) is 13.4. The molecule has 4 aliphatic carbocycles. The summed E-state index contributed by atoms with van der Waals surface area (Å²) in [6.45, 7) is 9.66. The molecule has 2 saturated heterocycles. The summed E-state index contributed by atoms with van der Waals surface area (Å²) in [6, 6.07) is 5.31. The number of alkyl halides is 3. The number of aliphatic carboxylic acids is 1. The Labute approximate surface area is 311 Å². The van der Waals surface area contributed by atoms with E-state index in [0.29, 0.717) is 44.6 Å². The molecule has 0 amide bonds. The van der Waals surface area contributed by atoms with Crippen molar-refractivity contribution in [2.75, 3.05) is 32.9 Å². The van der Waals surface area contributed by atoms with Gasteiger partial charge in [-0.3, -0.25) is 4.79 Å². The highest BCUT2D eigenvalue weighted by molar-refractivity contribution is 5.91. The number of rotatable bonds is 7. The molecule has 1 aromatic carbocycles. The van der Waals surface area contributed by atoms with E-state index >= 15 is 0 Å². The van der Waals surface area contributed by atoms with Crippen molar-refractivity contribution in [3.8, 4) is 5.69 Å². The minimum absolute atomic E-state index is 0.0116. The maximum Gasteiger partial charge on any atom is 0.430 e. The molecule has 11 nitrogen and oxygen atoms in total. The van der Waals surface area contributed by atoms with Gasteiger partial charge in [0.05, 0.1) is 43.0 Å². The number of aliphatic hydroxyl groups excluding tert-OH is 2. The Morgan fingerprint density at radius 2 is 1.91 bits per heavy atom. The van der Waals surface area contributed by atoms with Crippen LogP contribution in [0, 0.1) is 34.4 Å². The summed E-state index contributed by atoms with van der Waals surface area (Å²) < 4.78 is 66.9. The van der Waals surface area contributed by atoms with E-state index in [9.17, 15) is 32.6 Å². The van der Waals surface area contributed by atoms with Crippen LogP contribution in [0.5, 0.6) is 0 Å². The molecule has 8 rings (SSSR count). The minimum Gasteiger partial charge on any atom is -0.542 e. The number of halogens is 4. The minimum atomic E-state index is -5.19. The highest BCUT2D eigenvalue weighted by atomic mass is 19.4. The van der Waals surface area contributed by atoms with E-state index in [0.717, 1.165) is 55.7 Å². The van der Waals surface area contributed by atoms with Crippen molar-refractivity contribution in [3.63, 3.8) is 0 Å². The molecule has 3 saturated carbocycles. The summed E-state index contributed by atoms with van der Waals surface area (Å²) in [5.74, 6) is -3.18. The number of hydrogen-bond donors (Lipinski definition) is 3. The molecule has 2 aliphatic heterocycles. The van der Waals surface area contributed by atoms with E-state index in [1.807, 2.05) is 23.0 Å². The number of nitrogens with one attached hydrogen (secondary N) is 1. The predicted octanol–water partition coefficient (Wildman–Crippen LogP) is 2.33. The summed E-state index contributed by atoms with van der Waals surface area (Å²) in [5, 5.41) is 35.9. The van der Waals surface area contributed by atoms with Gasteiger partial charge in [0.25, 0.3) is 0 Å². The zero-order valence-corrected chi connectivity index (χ0v) is 30.8. The Morgan fingerprint density at radius 1 is 1.19 bits per heavy atom. The normalized spacial score (nSPS) is 35.8. The lowest BCUT2D eigenvalue weighted by atomic mass is 9.45. The summed E-state index contributed by atoms with van der Waals surface area (Å²) in [5.41, 5.74) is 2.91. The van der Waals surface area contributed by atoms with Crippen molar-refractivity contribution in [3.05, 3.63) is 52.6 Å². The van der Waals surface area contributed by atoms with Gasteiger partial charge in [-0.15, -0.1) is 0 Å². The topological polar surface area (TPSA) is 148 Å². The van der Waals surface area contributed by atoms with Gasteiger partial charge in [-0.05, 0) is 91.5 Å². The number of benzene rings is 1.